The molecule has 0 spiro atoms. The van der Waals surface area contributed by atoms with Crippen LogP contribution >= 0.6 is 11.6 Å². The Morgan fingerprint density at radius 2 is 1.93 bits per heavy atom. The number of rotatable bonds is 6. The van der Waals surface area contributed by atoms with Crippen LogP contribution in [0.5, 0.6) is 5.75 Å². The average molecular weight is 397 g/mol. The van der Waals surface area contributed by atoms with E-state index in [1.165, 1.54) is 0 Å². The molecule has 3 rings (SSSR count). The number of nitrogens with one attached hydrogen (secondary N) is 2. The molecule has 28 heavy (non-hydrogen) atoms. The van der Waals surface area contributed by atoms with Crippen molar-refractivity contribution in [3.8, 4) is 5.75 Å². The van der Waals surface area contributed by atoms with Crippen LogP contribution in [0.2, 0.25) is 5.02 Å². The molecule has 0 bridgehead atoms. The summed E-state index contributed by atoms with van der Waals surface area (Å²) in [5.74, 6) is 0.637. The molecule has 2 aromatic carbocycles. The quantitative estimate of drug-likeness (QED) is 0.644. The van der Waals surface area contributed by atoms with Crippen molar-refractivity contribution in [1.82, 2.24) is 15.3 Å². The van der Waals surface area contributed by atoms with Gasteiger partial charge in [-0.05, 0) is 43.7 Å². The molecule has 0 aliphatic carbocycles. The van der Waals surface area contributed by atoms with Gasteiger partial charge in [0.2, 0.25) is 5.95 Å². The highest BCUT2D eigenvalue weighted by atomic mass is 35.5. The first-order valence-corrected chi connectivity index (χ1v) is 9.12. The standard InChI is InChI=1S/C21H21ClN4O2/c1-13-5-4-6-15(9-13)12-23-20(27)18-10-14(2)24-21(26-18)25-16-7-8-19(28-3)17(22)11-16/h4-11H,12H2,1-3H3,(H,23,27)(H,24,25,26). The summed E-state index contributed by atoms with van der Waals surface area (Å²) in [5.41, 5.74) is 3.85. The first-order chi connectivity index (χ1) is 13.4. The fraction of sp³-hybridized carbons (Fsp3) is 0.190. The average Bonchev–Trinajstić information content (AvgIpc) is 2.66. The normalized spacial score (nSPS) is 10.4. The van der Waals surface area contributed by atoms with Crippen LogP contribution in [0.3, 0.4) is 0 Å². The number of halogens is 1. The Kier molecular flexibility index (Phi) is 6.11. The summed E-state index contributed by atoms with van der Waals surface area (Å²) >= 11 is 6.15. The van der Waals surface area contributed by atoms with E-state index in [4.69, 9.17) is 16.3 Å². The lowest BCUT2D eigenvalue weighted by molar-refractivity contribution is 0.0945. The van der Waals surface area contributed by atoms with Crippen LogP contribution in [0, 0.1) is 13.8 Å². The first kappa shape index (κ1) is 19.6. The molecule has 0 radical (unpaired) electrons. The zero-order valence-electron chi connectivity index (χ0n) is 15.9. The Bertz CT molecular complexity index is 1010. The van der Waals surface area contributed by atoms with Crippen LogP contribution in [0.1, 0.15) is 27.3 Å². The highest BCUT2D eigenvalue weighted by molar-refractivity contribution is 6.32. The van der Waals surface area contributed by atoms with Crippen molar-refractivity contribution in [1.29, 1.82) is 0 Å². The fourth-order valence-electron chi connectivity index (χ4n) is 2.71. The van der Waals surface area contributed by atoms with E-state index in [-0.39, 0.29) is 5.91 Å². The van der Waals surface area contributed by atoms with E-state index in [9.17, 15) is 4.79 Å². The summed E-state index contributed by atoms with van der Waals surface area (Å²) in [6, 6.07) is 14.9. The number of carbonyl (C=O) groups is 1. The van der Waals surface area contributed by atoms with Gasteiger partial charge in [0.15, 0.2) is 0 Å². The number of benzene rings is 2. The summed E-state index contributed by atoms with van der Waals surface area (Å²) < 4.78 is 5.15. The number of hydrogen-bond acceptors (Lipinski definition) is 5. The molecule has 1 amide bonds. The van der Waals surface area contributed by atoms with Crippen LogP contribution in [0.15, 0.2) is 48.5 Å². The van der Waals surface area contributed by atoms with Gasteiger partial charge in [0, 0.05) is 17.9 Å². The van der Waals surface area contributed by atoms with E-state index in [0.29, 0.717) is 40.3 Å². The van der Waals surface area contributed by atoms with Crippen LogP contribution < -0.4 is 15.4 Å². The lowest BCUT2D eigenvalue weighted by Crippen LogP contribution is -2.24. The number of methoxy groups -OCH3 is 1. The number of ether oxygens (including phenoxy) is 1. The van der Waals surface area contributed by atoms with E-state index in [1.54, 1.807) is 31.4 Å². The van der Waals surface area contributed by atoms with Gasteiger partial charge >= 0.3 is 0 Å². The van der Waals surface area contributed by atoms with Gasteiger partial charge in [-0.1, -0.05) is 41.4 Å². The molecule has 0 unspecified atom stereocenters. The Morgan fingerprint density at radius 3 is 2.64 bits per heavy atom. The molecule has 3 aromatic rings. The predicted octanol–water partition coefficient (Wildman–Crippen LogP) is 4.43. The maximum Gasteiger partial charge on any atom is 0.270 e. The zero-order valence-corrected chi connectivity index (χ0v) is 16.7. The van der Waals surface area contributed by atoms with Gasteiger partial charge in [-0.15, -0.1) is 0 Å². The number of hydrogen-bond donors (Lipinski definition) is 2. The molecule has 0 atom stereocenters. The highest BCUT2D eigenvalue weighted by Gasteiger charge is 2.11. The smallest absolute Gasteiger partial charge is 0.270 e. The minimum atomic E-state index is -0.261. The minimum absolute atomic E-state index is 0.261. The molecular formula is C21H21ClN4O2. The maximum atomic E-state index is 12.5. The topological polar surface area (TPSA) is 76.1 Å². The van der Waals surface area contributed by atoms with Gasteiger partial charge in [0.1, 0.15) is 11.4 Å². The van der Waals surface area contributed by atoms with E-state index in [2.05, 4.69) is 20.6 Å². The molecule has 0 aliphatic rings. The molecule has 144 valence electrons. The van der Waals surface area contributed by atoms with Crippen molar-refractivity contribution < 1.29 is 9.53 Å². The number of nitrogens with zero attached hydrogens (tertiary/aromatic N) is 2. The lowest BCUT2D eigenvalue weighted by Gasteiger charge is -2.10. The Labute approximate surface area is 168 Å². The Balaban J connectivity index is 1.73. The highest BCUT2D eigenvalue weighted by Crippen LogP contribution is 2.28. The van der Waals surface area contributed by atoms with Crippen LogP contribution in [-0.4, -0.2) is 23.0 Å². The third kappa shape index (κ3) is 4.98. The first-order valence-electron chi connectivity index (χ1n) is 8.74. The number of aryl methyl sites for hydroxylation is 2. The molecular weight excluding hydrogens is 376 g/mol. The van der Waals surface area contributed by atoms with Crippen molar-refractivity contribution in [3.05, 3.63) is 76.1 Å². The van der Waals surface area contributed by atoms with E-state index in [0.717, 1.165) is 11.1 Å². The largest absolute Gasteiger partial charge is 0.495 e. The zero-order chi connectivity index (χ0) is 20.1. The number of anilines is 2. The van der Waals surface area contributed by atoms with Crippen molar-refractivity contribution in [3.63, 3.8) is 0 Å². The summed E-state index contributed by atoms with van der Waals surface area (Å²) in [6.45, 7) is 4.26. The summed E-state index contributed by atoms with van der Waals surface area (Å²) in [5, 5.41) is 6.43. The predicted molar refractivity (Wildman–Crippen MR) is 110 cm³/mol. The number of amides is 1. The third-order valence-corrected chi connectivity index (χ3v) is 4.33. The fourth-order valence-corrected chi connectivity index (χ4v) is 2.97. The SMILES string of the molecule is COc1ccc(Nc2nc(C)cc(C(=O)NCc3cccc(C)c3)n2)cc1Cl. The monoisotopic (exact) mass is 396 g/mol. The second-order valence-electron chi connectivity index (χ2n) is 6.36. The van der Waals surface area contributed by atoms with Crippen molar-refractivity contribution in [2.45, 2.75) is 20.4 Å². The van der Waals surface area contributed by atoms with Crippen LogP contribution in [-0.2, 0) is 6.54 Å². The summed E-state index contributed by atoms with van der Waals surface area (Å²) in [6.07, 6.45) is 0. The second kappa shape index (κ2) is 8.71. The van der Waals surface area contributed by atoms with E-state index >= 15 is 0 Å². The van der Waals surface area contributed by atoms with E-state index in [1.807, 2.05) is 38.1 Å². The second-order valence-corrected chi connectivity index (χ2v) is 6.77. The van der Waals surface area contributed by atoms with Crippen LogP contribution in [0.4, 0.5) is 11.6 Å². The molecule has 0 aliphatic heterocycles. The summed E-state index contributed by atoms with van der Waals surface area (Å²) in [7, 11) is 1.56. The molecule has 6 nitrogen and oxygen atoms in total. The van der Waals surface area contributed by atoms with Gasteiger partial charge in [-0.2, -0.15) is 0 Å². The van der Waals surface area contributed by atoms with Gasteiger partial charge in [-0.3, -0.25) is 4.79 Å². The molecule has 0 saturated carbocycles. The maximum absolute atomic E-state index is 12.5. The summed E-state index contributed by atoms with van der Waals surface area (Å²) in [4.78, 5) is 21.2. The molecule has 2 N–H and O–H groups in total. The number of aromatic nitrogens is 2. The van der Waals surface area contributed by atoms with E-state index < -0.39 is 0 Å². The third-order valence-electron chi connectivity index (χ3n) is 4.03. The molecule has 7 heteroatoms. The van der Waals surface area contributed by atoms with Crippen LogP contribution in [0.25, 0.3) is 0 Å². The Morgan fingerprint density at radius 1 is 1.11 bits per heavy atom. The van der Waals surface area contributed by atoms with Gasteiger partial charge in [0.25, 0.3) is 5.91 Å². The van der Waals surface area contributed by atoms with Crippen molar-refractivity contribution >= 4 is 29.1 Å². The van der Waals surface area contributed by atoms with Crippen molar-refractivity contribution in [2.75, 3.05) is 12.4 Å². The molecule has 0 saturated heterocycles. The lowest BCUT2D eigenvalue weighted by atomic mass is 10.1. The van der Waals surface area contributed by atoms with Gasteiger partial charge < -0.3 is 15.4 Å². The molecule has 1 heterocycles. The van der Waals surface area contributed by atoms with Gasteiger partial charge in [0.05, 0.1) is 12.1 Å². The number of carbonyl (C=O) groups excluding carboxylic acids is 1. The molecule has 1 aromatic heterocycles. The van der Waals surface area contributed by atoms with Gasteiger partial charge in [-0.25, -0.2) is 9.97 Å². The minimum Gasteiger partial charge on any atom is -0.495 e. The van der Waals surface area contributed by atoms with Crippen molar-refractivity contribution in [2.24, 2.45) is 0 Å². The Hall–Kier alpha value is -3.12. The molecule has 0 fully saturated rings.